The van der Waals surface area contributed by atoms with Gasteiger partial charge in [-0.25, -0.2) is 9.37 Å². The van der Waals surface area contributed by atoms with Crippen molar-refractivity contribution < 1.29 is 9.13 Å². The maximum Gasteiger partial charge on any atom is 0.165 e. The van der Waals surface area contributed by atoms with Crippen LogP contribution in [0.5, 0.6) is 5.75 Å². The van der Waals surface area contributed by atoms with Crippen LogP contribution in [0.3, 0.4) is 0 Å². The van der Waals surface area contributed by atoms with Crippen molar-refractivity contribution in [3.63, 3.8) is 0 Å². The third kappa shape index (κ3) is 2.46. The van der Waals surface area contributed by atoms with E-state index >= 15 is 0 Å². The SMILES string of the molecule is CCc1nccn1Cc1ccc(OC)c(F)c1. The first-order valence-electron chi connectivity index (χ1n) is 5.57. The number of methoxy groups -OCH3 is 1. The molecule has 0 aliphatic rings. The van der Waals surface area contributed by atoms with Gasteiger partial charge in [0, 0.05) is 25.4 Å². The minimum atomic E-state index is -0.330. The van der Waals surface area contributed by atoms with Crippen LogP contribution in [0.4, 0.5) is 4.39 Å². The molecule has 0 N–H and O–H groups in total. The van der Waals surface area contributed by atoms with E-state index in [2.05, 4.69) is 4.98 Å². The molecule has 0 bridgehead atoms. The summed E-state index contributed by atoms with van der Waals surface area (Å²) < 4.78 is 20.4. The Morgan fingerprint density at radius 2 is 2.24 bits per heavy atom. The van der Waals surface area contributed by atoms with Crippen molar-refractivity contribution in [2.75, 3.05) is 7.11 Å². The Morgan fingerprint density at radius 3 is 2.88 bits per heavy atom. The van der Waals surface area contributed by atoms with E-state index in [-0.39, 0.29) is 11.6 Å². The first-order valence-corrected chi connectivity index (χ1v) is 5.57. The Bertz CT molecular complexity index is 508. The molecule has 2 rings (SSSR count). The third-order valence-corrected chi connectivity index (χ3v) is 2.69. The highest BCUT2D eigenvalue weighted by Crippen LogP contribution is 2.18. The molecule has 2 aromatic rings. The van der Waals surface area contributed by atoms with Crippen molar-refractivity contribution >= 4 is 0 Å². The van der Waals surface area contributed by atoms with E-state index in [1.807, 2.05) is 23.8 Å². The van der Waals surface area contributed by atoms with Crippen LogP contribution in [0.2, 0.25) is 0 Å². The van der Waals surface area contributed by atoms with E-state index in [0.29, 0.717) is 6.54 Å². The third-order valence-electron chi connectivity index (χ3n) is 2.69. The van der Waals surface area contributed by atoms with Crippen LogP contribution >= 0.6 is 0 Å². The van der Waals surface area contributed by atoms with Gasteiger partial charge in [-0.1, -0.05) is 13.0 Å². The lowest BCUT2D eigenvalue weighted by atomic mass is 10.2. The quantitative estimate of drug-likeness (QED) is 0.813. The number of hydrogen-bond donors (Lipinski definition) is 0. The minimum absolute atomic E-state index is 0.273. The molecular formula is C13H15FN2O. The highest BCUT2D eigenvalue weighted by molar-refractivity contribution is 5.29. The fourth-order valence-electron chi connectivity index (χ4n) is 1.80. The van der Waals surface area contributed by atoms with E-state index in [1.165, 1.54) is 13.2 Å². The molecule has 4 heteroatoms. The average Bonchev–Trinajstić information content (AvgIpc) is 2.76. The van der Waals surface area contributed by atoms with Gasteiger partial charge in [0.1, 0.15) is 5.82 Å². The molecule has 1 heterocycles. The molecule has 0 saturated carbocycles. The summed E-state index contributed by atoms with van der Waals surface area (Å²) in [5, 5.41) is 0. The van der Waals surface area contributed by atoms with Gasteiger partial charge in [0.2, 0.25) is 0 Å². The van der Waals surface area contributed by atoms with Gasteiger partial charge in [0.25, 0.3) is 0 Å². The van der Waals surface area contributed by atoms with Gasteiger partial charge in [-0.15, -0.1) is 0 Å². The summed E-state index contributed by atoms with van der Waals surface area (Å²) in [6.45, 7) is 2.68. The molecule has 0 unspecified atom stereocenters. The second-order valence-corrected chi connectivity index (χ2v) is 3.79. The molecule has 3 nitrogen and oxygen atoms in total. The minimum Gasteiger partial charge on any atom is -0.494 e. The van der Waals surface area contributed by atoms with Crippen molar-refractivity contribution in [1.82, 2.24) is 9.55 Å². The highest BCUT2D eigenvalue weighted by Gasteiger charge is 2.05. The van der Waals surface area contributed by atoms with Gasteiger partial charge < -0.3 is 9.30 Å². The van der Waals surface area contributed by atoms with Crippen LogP contribution in [-0.4, -0.2) is 16.7 Å². The Labute approximate surface area is 99.9 Å². The van der Waals surface area contributed by atoms with E-state index < -0.39 is 0 Å². The van der Waals surface area contributed by atoms with Crippen LogP contribution in [0.15, 0.2) is 30.6 Å². The Kier molecular flexibility index (Phi) is 3.42. The van der Waals surface area contributed by atoms with Gasteiger partial charge in [-0.3, -0.25) is 0 Å². The molecule has 1 aromatic carbocycles. The molecule has 90 valence electrons. The average molecular weight is 234 g/mol. The zero-order valence-corrected chi connectivity index (χ0v) is 9.98. The topological polar surface area (TPSA) is 27.1 Å². The molecule has 0 aliphatic heterocycles. The van der Waals surface area contributed by atoms with Crippen molar-refractivity contribution in [2.45, 2.75) is 19.9 Å². The van der Waals surface area contributed by atoms with E-state index in [9.17, 15) is 4.39 Å². The zero-order chi connectivity index (χ0) is 12.3. The van der Waals surface area contributed by atoms with Crippen LogP contribution in [0, 0.1) is 5.82 Å². The van der Waals surface area contributed by atoms with Crippen LogP contribution in [0.1, 0.15) is 18.3 Å². The molecule has 0 spiro atoms. The lowest BCUT2D eigenvalue weighted by Gasteiger charge is -2.08. The number of halogens is 1. The Hall–Kier alpha value is -1.84. The van der Waals surface area contributed by atoms with Gasteiger partial charge in [-0.2, -0.15) is 0 Å². The summed E-state index contributed by atoms with van der Waals surface area (Å²) >= 11 is 0. The molecule has 17 heavy (non-hydrogen) atoms. The smallest absolute Gasteiger partial charge is 0.165 e. The second kappa shape index (κ2) is 4.99. The number of aromatic nitrogens is 2. The van der Waals surface area contributed by atoms with Gasteiger partial charge >= 0.3 is 0 Å². The number of ether oxygens (including phenoxy) is 1. The number of benzene rings is 1. The van der Waals surface area contributed by atoms with Crippen molar-refractivity contribution in [3.8, 4) is 5.75 Å². The summed E-state index contributed by atoms with van der Waals surface area (Å²) in [5.41, 5.74) is 0.899. The largest absolute Gasteiger partial charge is 0.494 e. The van der Waals surface area contributed by atoms with Gasteiger partial charge in [0.05, 0.1) is 7.11 Å². The fourth-order valence-corrected chi connectivity index (χ4v) is 1.80. The first-order chi connectivity index (χ1) is 8.24. The molecule has 0 amide bonds. The molecule has 0 radical (unpaired) electrons. The van der Waals surface area contributed by atoms with E-state index in [4.69, 9.17) is 4.74 Å². The standard InChI is InChI=1S/C13H15FN2O/c1-3-13-15-6-7-16(13)9-10-4-5-12(17-2)11(14)8-10/h4-8H,3,9H2,1-2H3. The molecule has 0 saturated heterocycles. The molecule has 0 atom stereocenters. The number of aryl methyl sites for hydroxylation is 1. The lowest BCUT2D eigenvalue weighted by Crippen LogP contribution is -2.03. The maximum atomic E-state index is 13.5. The predicted octanol–water partition coefficient (Wildman–Crippen LogP) is 2.64. The van der Waals surface area contributed by atoms with Crippen LogP contribution < -0.4 is 4.74 Å². The lowest BCUT2D eigenvalue weighted by molar-refractivity contribution is 0.386. The zero-order valence-electron chi connectivity index (χ0n) is 9.98. The Morgan fingerprint density at radius 1 is 1.41 bits per heavy atom. The van der Waals surface area contributed by atoms with E-state index in [0.717, 1.165) is 17.8 Å². The number of hydrogen-bond acceptors (Lipinski definition) is 2. The van der Waals surface area contributed by atoms with Crippen LogP contribution in [-0.2, 0) is 13.0 Å². The van der Waals surface area contributed by atoms with Gasteiger partial charge in [-0.05, 0) is 17.7 Å². The summed E-state index contributed by atoms with van der Waals surface area (Å²) in [6.07, 6.45) is 4.53. The van der Waals surface area contributed by atoms with Crippen molar-refractivity contribution in [2.24, 2.45) is 0 Å². The molecule has 1 aromatic heterocycles. The fraction of sp³-hybridized carbons (Fsp3) is 0.308. The molecular weight excluding hydrogens is 219 g/mol. The van der Waals surface area contributed by atoms with Crippen molar-refractivity contribution in [1.29, 1.82) is 0 Å². The summed E-state index contributed by atoms with van der Waals surface area (Å²) in [5.74, 6) is 0.944. The number of rotatable bonds is 4. The maximum absolute atomic E-state index is 13.5. The molecule has 0 aliphatic carbocycles. The Balaban J connectivity index is 2.22. The van der Waals surface area contributed by atoms with Gasteiger partial charge in [0.15, 0.2) is 11.6 Å². The summed E-state index contributed by atoms with van der Waals surface area (Å²) in [4.78, 5) is 4.23. The summed E-state index contributed by atoms with van der Waals surface area (Å²) in [7, 11) is 1.46. The van der Waals surface area contributed by atoms with Crippen molar-refractivity contribution in [3.05, 3.63) is 47.8 Å². The monoisotopic (exact) mass is 234 g/mol. The highest BCUT2D eigenvalue weighted by atomic mass is 19.1. The second-order valence-electron chi connectivity index (χ2n) is 3.79. The number of imidazole rings is 1. The first kappa shape index (κ1) is 11.6. The predicted molar refractivity (Wildman–Crippen MR) is 63.7 cm³/mol. The van der Waals surface area contributed by atoms with Crippen LogP contribution in [0.25, 0.3) is 0 Å². The summed E-state index contributed by atoms with van der Waals surface area (Å²) in [6, 6.07) is 5.01. The van der Waals surface area contributed by atoms with E-state index in [1.54, 1.807) is 12.3 Å². The number of nitrogens with zero attached hydrogens (tertiary/aromatic N) is 2. The molecule has 0 fully saturated rings. The normalized spacial score (nSPS) is 10.5.